The van der Waals surface area contributed by atoms with Crippen molar-refractivity contribution >= 4 is 82.4 Å². The highest BCUT2D eigenvalue weighted by atomic mass is 16.3. The van der Waals surface area contributed by atoms with Crippen molar-refractivity contribution in [1.82, 2.24) is 4.57 Å². The van der Waals surface area contributed by atoms with Gasteiger partial charge < -0.3 is 13.9 Å². The fraction of sp³-hybridized carbons (Fsp3) is 0. The molecule has 0 unspecified atom stereocenters. The molecule has 0 aliphatic carbocycles. The molecule has 0 amide bonds. The van der Waals surface area contributed by atoms with Gasteiger partial charge in [-0.2, -0.15) is 0 Å². The van der Waals surface area contributed by atoms with Crippen molar-refractivity contribution in [3.05, 3.63) is 218 Å². The summed E-state index contributed by atoms with van der Waals surface area (Å²) in [5.41, 5.74) is 13.1. The Balaban J connectivity index is 1.00. The number of fused-ring (bicyclic) bond motifs is 9. The minimum atomic E-state index is 0.864. The van der Waals surface area contributed by atoms with Crippen LogP contribution in [0, 0.1) is 0 Å². The van der Waals surface area contributed by atoms with E-state index in [1.807, 2.05) is 12.1 Å². The number of furan rings is 1. The molecule has 276 valence electrons. The zero-order valence-corrected chi connectivity index (χ0v) is 32.1. The lowest BCUT2D eigenvalue weighted by Crippen LogP contribution is -2.10. The summed E-state index contributed by atoms with van der Waals surface area (Å²) in [7, 11) is 0. The Morgan fingerprint density at radius 3 is 1.76 bits per heavy atom. The first-order chi connectivity index (χ1) is 29.3. The Labute approximate surface area is 341 Å². The Kier molecular flexibility index (Phi) is 7.54. The summed E-state index contributed by atoms with van der Waals surface area (Å²) in [5, 5.41) is 9.68. The van der Waals surface area contributed by atoms with Crippen LogP contribution in [0.3, 0.4) is 0 Å². The van der Waals surface area contributed by atoms with Gasteiger partial charge in [-0.25, -0.2) is 0 Å². The van der Waals surface area contributed by atoms with E-state index >= 15 is 0 Å². The molecule has 2 aromatic heterocycles. The SMILES string of the molecule is c1ccc(-n2c3cc(-c4ccc(N(c5ccc(-c6cccc7ccccc67)cc5)c5cccc6c5oc5ccccc56)cc4)ccc3c3ccc4ccccc4c32)cc1. The summed E-state index contributed by atoms with van der Waals surface area (Å²) >= 11 is 0. The topological polar surface area (TPSA) is 21.3 Å². The molecule has 3 heteroatoms. The molecule has 3 nitrogen and oxygen atoms in total. The van der Waals surface area contributed by atoms with Crippen molar-refractivity contribution in [3.8, 4) is 27.9 Å². The molecule has 2 heterocycles. The fourth-order valence-electron chi connectivity index (χ4n) is 9.21. The number of hydrogen-bond acceptors (Lipinski definition) is 2. The number of nitrogens with zero attached hydrogens (tertiary/aromatic N) is 2. The van der Waals surface area contributed by atoms with Gasteiger partial charge in [0.2, 0.25) is 0 Å². The maximum absolute atomic E-state index is 6.64. The predicted octanol–water partition coefficient (Wildman–Crippen LogP) is 15.8. The third kappa shape index (κ3) is 5.36. The molecule has 12 aromatic rings. The lowest BCUT2D eigenvalue weighted by atomic mass is 9.98. The molecule has 0 aliphatic heterocycles. The molecule has 0 spiro atoms. The Hall–Kier alpha value is -7.88. The van der Waals surface area contributed by atoms with E-state index in [0.29, 0.717) is 0 Å². The highest BCUT2D eigenvalue weighted by molar-refractivity contribution is 6.19. The molecule has 10 aromatic carbocycles. The molecule has 0 saturated heterocycles. The largest absolute Gasteiger partial charge is 0.454 e. The molecule has 0 saturated carbocycles. The lowest BCUT2D eigenvalue weighted by molar-refractivity contribution is 0.669. The first kappa shape index (κ1) is 33.3. The Morgan fingerprint density at radius 1 is 0.373 bits per heavy atom. The maximum atomic E-state index is 6.64. The van der Waals surface area contributed by atoms with Gasteiger partial charge in [0, 0.05) is 44.0 Å². The van der Waals surface area contributed by atoms with E-state index in [2.05, 4.69) is 216 Å². The molecule has 0 fully saturated rings. The number of aromatic nitrogens is 1. The van der Waals surface area contributed by atoms with Gasteiger partial charge >= 0.3 is 0 Å². The van der Waals surface area contributed by atoms with Gasteiger partial charge in [-0.1, -0.05) is 164 Å². The highest BCUT2D eigenvalue weighted by Crippen LogP contribution is 2.44. The van der Waals surface area contributed by atoms with Crippen LogP contribution in [0.4, 0.5) is 17.1 Å². The van der Waals surface area contributed by atoms with E-state index in [1.54, 1.807) is 0 Å². The first-order valence-electron chi connectivity index (χ1n) is 20.2. The zero-order valence-electron chi connectivity index (χ0n) is 32.1. The summed E-state index contributed by atoms with van der Waals surface area (Å²) in [5.74, 6) is 0. The second-order valence-corrected chi connectivity index (χ2v) is 15.3. The molecule has 59 heavy (non-hydrogen) atoms. The lowest BCUT2D eigenvalue weighted by Gasteiger charge is -2.26. The maximum Gasteiger partial charge on any atom is 0.159 e. The molecule has 12 rings (SSSR count). The van der Waals surface area contributed by atoms with Crippen LogP contribution in [0.5, 0.6) is 0 Å². The second kappa shape index (κ2) is 13.4. The average Bonchev–Trinajstić information content (AvgIpc) is 3.86. The van der Waals surface area contributed by atoms with Crippen LogP contribution in [0.25, 0.3) is 93.2 Å². The van der Waals surface area contributed by atoms with Gasteiger partial charge in [0.25, 0.3) is 0 Å². The van der Waals surface area contributed by atoms with Crippen LogP contribution in [0.1, 0.15) is 0 Å². The van der Waals surface area contributed by atoms with Crippen LogP contribution in [-0.2, 0) is 0 Å². The predicted molar refractivity (Wildman–Crippen MR) is 249 cm³/mol. The number of para-hydroxylation sites is 3. The molecule has 0 radical (unpaired) electrons. The van der Waals surface area contributed by atoms with Crippen LogP contribution in [-0.4, -0.2) is 4.57 Å². The molecular formula is C56H36N2O. The van der Waals surface area contributed by atoms with Crippen LogP contribution in [0.15, 0.2) is 223 Å². The molecule has 0 aliphatic rings. The van der Waals surface area contributed by atoms with Crippen LogP contribution in [0.2, 0.25) is 0 Å². The van der Waals surface area contributed by atoms with Gasteiger partial charge in [-0.3, -0.25) is 0 Å². The van der Waals surface area contributed by atoms with Crippen LogP contribution >= 0.6 is 0 Å². The quantitative estimate of drug-likeness (QED) is 0.169. The molecule has 0 atom stereocenters. The van der Waals surface area contributed by atoms with Gasteiger partial charge in [-0.15, -0.1) is 0 Å². The van der Waals surface area contributed by atoms with Crippen molar-refractivity contribution in [2.24, 2.45) is 0 Å². The molecular weight excluding hydrogens is 717 g/mol. The van der Waals surface area contributed by atoms with Crippen molar-refractivity contribution in [2.75, 3.05) is 4.90 Å². The zero-order chi connectivity index (χ0) is 38.9. The van der Waals surface area contributed by atoms with Crippen LogP contribution < -0.4 is 4.90 Å². The third-order valence-electron chi connectivity index (χ3n) is 12.0. The summed E-state index contributed by atoms with van der Waals surface area (Å²) in [6.07, 6.45) is 0. The van der Waals surface area contributed by atoms with Crippen molar-refractivity contribution in [3.63, 3.8) is 0 Å². The Morgan fingerprint density at radius 2 is 0.966 bits per heavy atom. The smallest absolute Gasteiger partial charge is 0.159 e. The van der Waals surface area contributed by atoms with Crippen molar-refractivity contribution in [2.45, 2.75) is 0 Å². The van der Waals surface area contributed by atoms with Gasteiger partial charge in [-0.05, 0) is 93.0 Å². The standard InChI is InChI=1S/C56H36N2O/c1-2-15-42(16-3-1)58-53-36-41(29-34-48(53)50-35-28-39-13-5-7-18-47(39)55(50)58)37-24-30-43(31-25-37)57(52-22-11-21-51-49-19-8-9-23-54(49)59-56(51)52)44-32-26-40(27-33-44)46-20-10-14-38-12-4-6-17-45(38)46/h1-36H. The summed E-state index contributed by atoms with van der Waals surface area (Å²) < 4.78 is 9.07. The van der Waals surface area contributed by atoms with Gasteiger partial charge in [0.15, 0.2) is 5.58 Å². The summed E-state index contributed by atoms with van der Waals surface area (Å²) in [6, 6.07) is 78.6. The first-order valence-corrected chi connectivity index (χ1v) is 20.2. The normalized spacial score (nSPS) is 11.7. The van der Waals surface area contributed by atoms with Gasteiger partial charge in [0.05, 0.1) is 16.7 Å². The summed E-state index contributed by atoms with van der Waals surface area (Å²) in [6.45, 7) is 0. The third-order valence-corrected chi connectivity index (χ3v) is 12.0. The number of benzene rings is 10. The summed E-state index contributed by atoms with van der Waals surface area (Å²) in [4.78, 5) is 2.32. The van der Waals surface area contributed by atoms with Crippen molar-refractivity contribution < 1.29 is 4.42 Å². The highest BCUT2D eigenvalue weighted by Gasteiger charge is 2.21. The van der Waals surface area contributed by atoms with Crippen molar-refractivity contribution in [1.29, 1.82) is 0 Å². The minimum absolute atomic E-state index is 0.864. The van der Waals surface area contributed by atoms with Gasteiger partial charge in [0.1, 0.15) is 5.58 Å². The van der Waals surface area contributed by atoms with E-state index < -0.39 is 0 Å². The van der Waals surface area contributed by atoms with E-state index in [1.165, 1.54) is 60.0 Å². The van der Waals surface area contributed by atoms with E-state index in [4.69, 9.17) is 4.42 Å². The number of rotatable bonds is 6. The Bertz CT molecular complexity index is 3540. The van der Waals surface area contributed by atoms with E-state index in [0.717, 1.165) is 50.3 Å². The fourth-order valence-corrected chi connectivity index (χ4v) is 9.21. The number of hydrogen-bond donors (Lipinski definition) is 0. The number of anilines is 3. The second-order valence-electron chi connectivity index (χ2n) is 15.3. The van der Waals surface area contributed by atoms with E-state index in [9.17, 15) is 0 Å². The molecule has 0 N–H and O–H groups in total. The minimum Gasteiger partial charge on any atom is -0.454 e. The monoisotopic (exact) mass is 752 g/mol. The average molecular weight is 753 g/mol. The molecule has 0 bridgehead atoms. The van der Waals surface area contributed by atoms with E-state index in [-0.39, 0.29) is 0 Å².